The summed E-state index contributed by atoms with van der Waals surface area (Å²) in [5.74, 6) is 0.653. The molecule has 0 fully saturated rings. The molecule has 9 rings (SSSR count). The molecule has 0 bridgehead atoms. The number of nitrogens with zero attached hydrogens (tertiary/aromatic N) is 6. The van der Waals surface area contributed by atoms with Crippen molar-refractivity contribution in [1.82, 2.24) is 19.9 Å². The van der Waals surface area contributed by atoms with Gasteiger partial charge in [-0.25, -0.2) is 15.0 Å². The molecule has 1 aliphatic heterocycles. The number of anilines is 1. The summed E-state index contributed by atoms with van der Waals surface area (Å²) in [6.45, 7) is 4.68. The van der Waals surface area contributed by atoms with Crippen LogP contribution in [0.25, 0.3) is 78.4 Å². The molecule has 0 atom stereocenters. The van der Waals surface area contributed by atoms with E-state index in [1.54, 1.807) is 6.20 Å². The van der Waals surface area contributed by atoms with Crippen LogP contribution < -0.4 is 4.90 Å². The second kappa shape index (κ2) is 14.4. The first-order chi connectivity index (χ1) is 26.7. The molecule has 1 aliphatic rings. The zero-order valence-corrected chi connectivity index (χ0v) is 29.4. The Kier molecular flexibility index (Phi) is 8.67. The lowest BCUT2D eigenvalue weighted by Gasteiger charge is -2.26. The molecule has 0 unspecified atom stereocenters. The van der Waals surface area contributed by atoms with Crippen LogP contribution in [0.4, 0.5) is 11.4 Å². The van der Waals surface area contributed by atoms with Crippen molar-refractivity contribution < 1.29 is 0 Å². The lowest BCUT2D eigenvalue weighted by molar-refractivity contribution is 1.07. The Bertz CT molecular complexity index is 2670. The van der Waals surface area contributed by atoms with Crippen LogP contribution in [-0.2, 0) is 0 Å². The van der Waals surface area contributed by atoms with E-state index in [1.165, 1.54) is 5.56 Å². The summed E-state index contributed by atoms with van der Waals surface area (Å²) in [6.07, 6.45) is 10.1. The summed E-state index contributed by atoms with van der Waals surface area (Å²) in [5.41, 5.74) is 13.4. The molecule has 6 nitrogen and oxygen atoms in total. The fraction of sp³-hybridized carbons (Fsp3) is 0.0208. The first kappa shape index (κ1) is 32.6. The summed E-state index contributed by atoms with van der Waals surface area (Å²) in [6, 6.07) is 51.9. The summed E-state index contributed by atoms with van der Waals surface area (Å²) in [4.78, 5) is 26.5. The van der Waals surface area contributed by atoms with Crippen molar-refractivity contribution in [3.05, 3.63) is 182 Å². The number of benzene rings is 5. The lowest BCUT2D eigenvalue weighted by Crippen LogP contribution is -2.19. The number of fused-ring (bicyclic) bond motifs is 1. The lowest BCUT2D eigenvalue weighted by atomic mass is 9.98. The normalized spacial score (nSPS) is 12.3. The number of hydrogen-bond donors (Lipinski definition) is 0. The topological polar surface area (TPSA) is 67.2 Å². The number of para-hydroxylation sites is 1. The van der Waals surface area contributed by atoms with Crippen molar-refractivity contribution in [3.63, 3.8) is 0 Å². The van der Waals surface area contributed by atoms with Crippen molar-refractivity contribution in [2.75, 3.05) is 11.4 Å². The Hall–Kier alpha value is -7.31. The molecule has 0 saturated heterocycles. The van der Waals surface area contributed by atoms with Crippen LogP contribution in [0.15, 0.2) is 187 Å². The van der Waals surface area contributed by atoms with E-state index < -0.39 is 0 Å². The molecular formula is C48H34N6. The van der Waals surface area contributed by atoms with Crippen LogP contribution >= 0.6 is 0 Å². The average Bonchev–Trinajstić information content (AvgIpc) is 3.26. The Labute approximate surface area is 314 Å². The van der Waals surface area contributed by atoms with Crippen molar-refractivity contribution in [3.8, 4) is 67.5 Å². The van der Waals surface area contributed by atoms with Gasteiger partial charge < -0.3 is 4.90 Å². The Balaban J connectivity index is 1.05. The molecular weight excluding hydrogens is 661 g/mol. The summed E-state index contributed by atoms with van der Waals surface area (Å²) in [5, 5.41) is 0.981. The van der Waals surface area contributed by atoms with Gasteiger partial charge in [-0.15, -0.1) is 0 Å². The van der Waals surface area contributed by atoms with Crippen LogP contribution in [0.5, 0.6) is 0 Å². The summed E-state index contributed by atoms with van der Waals surface area (Å²) >= 11 is 0. The van der Waals surface area contributed by atoms with E-state index in [1.807, 2.05) is 54.6 Å². The summed E-state index contributed by atoms with van der Waals surface area (Å²) in [7, 11) is 0. The average molecular weight is 695 g/mol. The van der Waals surface area contributed by atoms with Gasteiger partial charge in [-0.05, 0) is 59.3 Å². The first-order valence-corrected chi connectivity index (χ1v) is 17.9. The van der Waals surface area contributed by atoms with Gasteiger partial charge >= 0.3 is 0 Å². The van der Waals surface area contributed by atoms with Crippen molar-refractivity contribution in [2.45, 2.75) is 0 Å². The van der Waals surface area contributed by atoms with E-state index in [2.05, 4.69) is 143 Å². The maximum Gasteiger partial charge on any atom is 0.160 e. The van der Waals surface area contributed by atoms with E-state index in [0.29, 0.717) is 5.82 Å². The van der Waals surface area contributed by atoms with Crippen molar-refractivity contribution in [2.24, 2.45) is 4.99 Å². The molecule has 0 aliphatic carbocycles. The SMILES string of the molecule is C=Nc1c(N2C=CC=CC2)c(-c2ccc(-c3ccc(-c4cc(-c5ccccn5)nc(-c5ccc(-c6ccccc6)cc5)n4)cc3)cc2)nc2ccccc12. The number of allylic oxidation sites excluding steroid dienone is 2. The molecule has 256 valence electrons. The largest absolute Gasteiger partial charge is 0.341 e. The highest BCUT2D eigenvalue weighted by molar-refractivity contribution is 6.03. The number of pyridine rings is 2. The predicted octanol–water partition coefficient (Wildman–Crippen LogP) is 11.6. The molecule has 54 heavy (non-hydrogen) atoms. The van der Waals surface area contributed by atoms with Crippen molar-refractivity contribution in [1.29, 1.82) is 0 Å². The molecule has 8 aromatic rings. The van der Waals surface area contributed by atoms with Gasteiger partial charge in [0.1, 0.15) is 0 Å². The van der Waals surface area contributed by atoms with E-state index in [4.69, 9.17) is 15.0 Å². The molecule has 0 saturated carbocycles. The monoisotopic (exact) mass is 694 g/mol. The number of hydrogen-bond acceptors (Lipinski definition) is 6. The smallest absolute Gasteiger partial charge is 0.160 e. The third-order valence-electron chi connectivity index (χ3n) is 9.68. The van der Waals surface area contributed by atoms with Crippen LogP contribution in [-0.4, -0.2) is 33.2 Å². The molecule has 5 aromatic carbocycles. The molecule has 4 heterocycles. The minimum Gasteiger partial charge on any atom is -0.341 e. The molecule has 0 spiro atoms. The zero-order valence-electron chi connectivity index (χ0n) is 29.4. The third-order valence-corrected chi connectivity index (χ3v) is 9.68. The molecule has 0 amide bonds. The quantitative estimate of drug-likeness (QED) is 0.148. The molecule has 0 N–H and O–H groups in total. The number of rotatable bonds is 8. The van der Waals surface area contributed by atoms with Gasteiger partial charge in [-0.1, -0.05) is 140 Å². The fourth-order valence-electron chi connectivity index (χ4n) is 6.92. The minimum atomic E-state index is 0.653. The van der Waals surface area contributed by atoms with E-state index in [0.717, 1.165) is 85.0 Å². The van der Waals surface area contributed by atoms with Gasteiger partial charge in [0.25, 0.3) is 0 Å². The zero-order chi connectivity index (χ0) is 36.3. The van der Waals surface area contributed by atoms with Gasteiger partial charge in [-0.3, -0.25) is 9.98 Å². The first-order valence-electron chi connectivity index (χ1n) is 17.9. The summed E-state index contributed by atoms with van der Waals surface area (Å²) < 4.78 is 0. The third kappa shape index (κ3) is 6.37. The van der Waals surface area contributed by atoms with E-state index in [9.17, 15) is 0 Å². The van der Waals surface area contributed by atoms with Crippen LogP contribution in [0.2, 0.25) is 0 Å². The highest BCUT2D eigenvalue weighted by Crippen LogP contribution is 2.43. The van der Waals surface area contributed by atoms with Gasteiger partial charge in [0, 0.05) is 41.0 Å². The van der Waals surface area contributed by atoms with Gasteiger partial charge in [0.15, 0.2) is 5.82 Å². The second-order valence-corrected chi connectivity index (χ2v) is 13.0. The standard InChI is InChI=1S/C48H34N6/c1-49-46-40-14-6-7-15-41(40)51-45(47(46)54-30-10-3-11-31-54)38-25-19-36(20-26-38)35-17-23-37(24-18-35)43-32-44(42-16-8-9-29-50-42)53-48(52-43)39-27-21-34(22-28-39)33-12-4-2-5-13-33/h2-30,32H,1,31H2. The van der Waals surface area contributed by atoms with Crippen LogP contribution in [0, 0.1) is 0 Å². The fourth-order valence-corrected chi connectivity index (χ4v) is 6.92. The number of aliphatic imine (C=N–C) groups is 1. The van der Waals surface area contributed by atoms with Gasteiger partial charge in [0.05, 0.1) is 39.7 Å². The highest BCUT2D eigenvalue weighted by atomic mass is 15.1. The Morgan fingerprint density at radius 1 is 0.519 bits per heavy atom. The Morgan fingerprint density at radius 2 is 1.13 bits per heavy atom. The van der Waals surface area contributed by atoms with Gasteiger partial charge in [-0.2, -0.15) is 0 Å². The maximum atomic E-state index is 5.15. The van der Waals surface area contributed by atoms with Crippen LogP contribution in [0.3, 0.4) is 0 Å². The number of aromatic nitrogens is 4. The molecule has 3 aromatic heterocycles. The predicted molar refractivity (Wildman–Crippen MR) is 223 cm³/mol. The second-order valence-electron chi connectivity index (χ2n) is 13.0. The molecule has 0 radical (unpaired) electrons. The molecule has 6 heteroatoms. The van der Waals surface area contributed by atoms with Crippen molar-refractivity contribution >= 4 is 29.0 Å². The van der Waals surface area contributed by atoms with Gasteiger partial charge in [0.2, 0.25) is 0 Å². The maximum absolute atomic E-state index is 5.15. The highest BCUT2D eigenvalue weighted by Gasteiger charge is 2.21. The Morgan fingerprint density at radius 3 is 1.80 bits per heavy atom. The van der Waals surface area contributed by atoms with E-state index in [-0.39, 0.29) is 0 Å². The van der Waals surface area contributed by atoms with Crippen LogP contribution in [0.1, 0.15) is 0 Å². The minimum absolute atomic E-state index is 0.653. The van der Waals surface area contributed by atoms with E-state index >= 15 is 0 Å².